The first-order chi connectivity index (χ1) is 11.1. The SMILES string of the molecule is CCc1ncnc(NCc2cc3ccccc3n(C)c2=O)c1F. The molecule has 0 bridgehead atoms. The van der Waals surface area contributed by atoms with Crippen LogP contribution in [0, 0.1) is 5.82 Å². The van der Waals surface area contributed by atoms with Crippen LogP contribution in [-0.4, -0.2) is 14.5 Å². The standard InChI is InChI=1S/C17H17FN4O/c1-3-13-15(18)16(21-10-20-13)19-9-12-8-11-6-4-5-7-14(11)22(2)17(12)23/h4-8,10H,3,9H2,1-2H3,(H,19,20,21). The Morgan fingerprint density at radius 2 is 2.04 bits per heavy atom. The third-order valence-corrected chi connectivity index (χ3v) is 3.85. The van der Waals surface area contributed by atoms with Crippen molar-refractivity contribution >= 4 is 16.7 Å². The van der Waals surface area contributed by atoms with E-state index in [0.29, 0.717) is 17.7 Å². The number of hydrogen-bond acceptors (Lipinski definition) is 4. The van der Waals surface area contributed by atoms with Crippen molar-refractivity contribution in [3.8, 4) is 0 Å². The molecule has 2 aromatic heterocycles. The summed E-state index contributed by atoms with van der Waals surface area (Å²) in [6.45, 7) is 2.03. The lowest BCUT2D eigenvalue weighted by molar-refractivity contribution is 0.596. The van der Waals surface area contributed by atoms with E-state index >= 15 is 0 Å². The number of hydrogen-bond donors (Lipinski definition) is 1. The van der Waals surface area contributed by atoms with Crippen molar-refractivity contribution in [2.24, 2.45) is 7.05 Å². The topological polar surface area (TPSA) is 59.8 Å². The normalized spacial score (nSPS) is 10.9. The van der Waals surface area contributed by atoms with Gasteiger partial charge in [-0.05, 0) is 23.9 Å². The monoisotopic (exact) mass is 312 g/mol. The van der Waals surface area contributed by atoms with Crippen molar-refractivity contribution in [1.29, 1.82) is 0 Å². The van der Waals surface area contributed by atoms with Crippen molar-refractivity contribution in [2.75, 3.05) is 5.32 Å². The van der Waals surface area contributed by atoms with Crippen LogP contribution in [0.15, 0.2) is 41.5 Å². The predicted octanol–water partition coefficient (Wildman–Crippen LogP) is 2.64. The summed E-state index contributed by atoms with van der Waals surface area (Å²) in [6.07, 6.45) is 1.81. The lowest BCUT2D eigenvalue weighted by Crippen LogP contribution is -2.23. The highest BCUT2D eigenvalue weighted by molar-refractivity contribution is 5.79. The number of halogens is 1. The van der Waals surface area contributed by atoms with Gasteiger partial charge in [-0.25, -0.2) is 14.4 Å². The first-order valence-corrected chi connectivity index (χ1v) is 7.42. The van der Waals surface area contributed by atoms with Gasteiger partial charge in [-0.2, -0.15) is 0 Å². The summed E-state index contributed by atoms with van der Waals surface area (Å²) >= 11 is 0. The van der Waals surface area contributed by atoms with Gasteiger partial charge in [0.15, 0.2) is 11.6 Å². The minimum absolute atomic E-state index is 0.110. The zero-order chi connectivity index (χ0) is 16.4. The highest BCUT2D eigenvalue weighted by Gasteiger charge is 2.11. The number of pyridine rings is 1. The summed E-state index contributed by atoms with van der Waals surface area (Å²) < 4.78 is 15.7. The second-order valence-electron chi connectivity index (χ2n) is 5.28. The van der Waals surface area contributed by atoms with Gasteiger partial charge < -0.3 is 9.88 Å². The molecule has 118 valence electrons. The second-order valence-corrected chi connectivity index (χ2v) is 5.28. The number of aromatic nitrogens is 3. The molecule has 5 nitrogen and oxygen atoms in total. The van der Waals surface area contributed by atoms with Gasteiger partial charge >= 0.3 is 0 Å². The highest BCUT2D eigenvalue weighted by atomic mass is 19.1. The predicted molar refractivity (Wildman–Crippen MR) is 87.9 cm³/mol. The van der Waals surface area contributed by atoms with Crippen molar-refractivity contribution in [2.45, 2.75) is 19.9 Å². The minimum atomic E-state index is -0.465. The second kappa shape index (κ2) is 6.16. The Bertz CT molecular complexity index is 920. The molecular formula is C17H17FN4O. The lowest BCUT2D eigenvalue weighted by atomic mass is 10.1. The van der Waals surface area contributed by atoms with Crippen LogP contribution in [0.5, 0.6) is 0 Å². The van der Waals surface area contributed by atoms with Crippen LogP contribution < -0.4 is 10.9 Å². The zero-order valence-corrected chi connectivity index (χ0v) is 13.0. The molecule has 0 saturated heterocycles. The first-order valence-electron chi connectivity index (χ1n) is 7.42. The number of benzene rings is 1. The average molecular weight is 312 g/mol. The minimum Gasteiger partial charge on any atom is -0.363 e. The Morgan fingerprint density at radius 3 is 2.83 bits per heavy atom. The van der Waals surface area contributed by atoms with E-state index in [9.17, 15) is 9.18 Å². The zero-order valence-electron chi connectivity index (χ0n) is 13.0. The van der Waals surface area contributed by atoms with Gasteiger partial charge in [-0.1, -0.05) is 25.1 Å². The van der Waals surface area contributed by atoms with Gasteiger partial charge in [-0.3, -0.25) is 4.79 Å². The molecule has 3 aromatic rings. The molecule has 1 N–H and O–H groups in total. The van der Waals surface area contributed by atoms with E-state index < -0.39 is 5.82 Å². The van der Waals surface area contributed by atoms with E-state index in [1.54, 1.807) is 11.6 Å². The maximum absolute atomic E-state index is 14.1. The summed E-state index contributed by atoms with van der Waals surface area (Å²) in [5.41, 5.74) is 1.67. The van der Waals surface area contributed by atoms with Crippen molar-refractivity contribution in [3.63, 3.8) is 0 Å². The Labute approximate surface area is 132 Å². The summed E-state index contributed by atoms with van der Waals surface area (Å²) in [7, 11) is 1.73. The van der Waals surface area contributed by atoms with Gasteiger partial charge in [0.1, 0.15) is 6.33 Å². The Hall–Kier alpha value is -2.76. The Morgan fingerprint density at radius 1 is 1.26 bits per heavy atom. The van der Waals surface area contributed by atoms with Crippen molar-refractivity contribution in [3.05, 3.63) is 64.1 Å². The van der Waals surface area contributed by atoms with E-state index in [0.717, 1.165) is 10.9 Å². The largest absolute Gasteiger partial charge is 0.363 e. The lowest BCUT2D eigenvalue weighted by Gasteiger charge is -2.11. The summed E-state index contributed by atoms with van der Waals surface area (Å²) in [6, 6.07) is 9.47. The molecule has 0 aliphatic rings. The molecular weight excluding hydrogens is 295 g/mol. The maximum atomic E-state index is 14.1. The van der Waals surface area contributed by atoms with E-state index in [-0.39, 0.29) is 17.9 Å². The summed E-state index contributed by atoms with van der Waals surface area (Å²) in [5.74, 6) is -0.348. The number of rotatable bonds is 4. The Balaban J connectivity index is 1.94. The number of anilines is 1. The molecule has 3 rings (SSSR count). The highest BCUT2D eigenvalue weighted by Crippen LogP contribution is 2.16. The number of para-hydroxylation sites is 1. The van der Waals surface area contributed by atoms with Gasteiger partial charge in [0.2, 0.25) is 0 Å². The molecule has 0 amide bonds. The molecule has 1 aromatic carbocycles. The number of aryl methyl sites for hydroxylation is 2. The van der Waals surface area contributed by atoms with Crippen LogP contribution >= 0.6 is 0 Å². The quantitative estimate of drug-likeness (QED) is 0.804. The number of fused-ring (bicyclic) bond motifs is 1. The van der Waals surface area contributed by atoms with Gasteiger partial charge in [-0.15, -0.1) is 0 Å². The summed E-state index contributed by atoms with van der Waals surface area (Å²) in [4.78, 5) is 20.2. The Kier molecular flexibility index (Phi) is 4.06. The van der Waals surface area contributed by atoms with Crippen molar-refractivity contribution in [1.82, 2.24) is 14.5 Å². The van der Waals surface area contributed by atoms with Gasteiger partial charge in [0, 0.05) is 19.2 Å². The molecule has 0 spiro atoms. The van der Waals surface area contributed by atoms with Crippen LogP contribution in [0.1, 0.15) is 18.2 Å². The molecule has 2 heterocycles. The van der Waals surface area contributed by atoms with Crippen LogP contribution in [0.3, 0.4) is 0 Å². The average Bonchev–Trinajstić information content (AvgIpc) is 2.58. The smallest absolute Gasteiger partial charge is 0.255 e. The maximum Gasteiger partial charge on any atom is 0.255 e. The molecule has 0 radical (unpaired) electrons. The van der Waals surface area contributed by atoms with E-state index in [4.69, 9.17) is 0 Å². The van der Waals surface area contributed by atoms with Crippen LogP contribution in [0.2, 0.25) is 0 Å². The van der Waals surface area contributed by atoms with Crippen molar-refractivity contribution < 1.29 is 4.39 Å². The number of nitrogens with one attached hydrogen (secondary N) is 1. The summed E-state index contributed by atoms with van der Waals surface area (Å²) in [5, 5.41) is 3.86. The fourth-order valence-corrected chi connectivity index (χ4v) is 2.57. The van der Waals surface area contributed by atoms with E-state index in [1.165, 1.54) is 6.33 Å². The van der Waals surface area contributed by atoms with E-state index in [2.05, 4.69) is 15.3 Å². The fraction of sp³-hybridized carbons (Fsp3) is 0.235. The molecule has 0 saturated carbocycles. The number of nitrogens with zero attached hydrogens (tertiary/aromatic N) is 3. The van der Waals surface area contributed by atoms with Crippen LogP contribution in [-0.2, 0) is 20.0 Å². The third kappa shape index (κ3) is 2.79. The molecule has 0 aliphatic heterocycles. The fourth-order valence-electron chi connectivity index (χ4n) is 2.57. The van der Waals surface area contributed by atoms with Gasteiger partial charge in [0.05, 0.1) is 11.2 Å². The molecule has 0 fully saturated rings. The first kappa shape index (κ1) is 15.1. The molecule has 6 heteroatoms. The third-order valence-electron chi connectivity index (χ3n) is 3.85. The van der Waals surface area contributed by atoms with E-state index in [1.807, 2.05) is 37.3 Å². The molecule has 0 unspecified atom stereocenters. The molecule has 0 aliphatic carbocycles. The van der Waals surface area contributed by atoms with Crippen LogP contribution in [0.4, 0.5) is 10.2 Å². The molecule has 23 heavy (non-hydrogen) atoms. The van der Waals surface area contributed by atoms with Gasteiger partial charge in [0.25, 0.3) is 5.56 Å². The molecule has 0 atom stereocenters. The van der Waals surface area contributed by atoms with Crippen LogP contribution in [0.25, 0.3) is 10.9 Å².